The third-order valence-electron chi connectivity index (χ3n) is 5.30. The molecule has 0 amide bonds. The molecule has 0 aromatic heterocycles. The fraction of sp³-hybridized carbons (Fsp3) is 0.429. The number of nitrogens with zero attached hydrogens (tertiary/aromatic N) is 1. The first-order valence-electron chi connectivity index (χ1n) is 9.29. The summed E-state index contributed by atoms with van der Waals surface area (Å²) in [5.41, 5.74) is 0. The van der Waals surface area contributed by atoms with Crippen molar-refractivity contribution in [2.24, 2.45) is 0 Å². The van der Waals surface area contributed by atoms with Gasteiger partial charge in [0.2, 0.25) is 0 Å². The zero-order valence-corrected chi connectivity index (χ0v) is 18.0. The molecule has 0 bridgehead atoms. The summed E-state index contributed by atoms with van der Waals surface area (Å²) < 4.78 is 2.96. The van der Waals surface area contributed by atoms with Gasteiger partial charge in [-0.05, 0) is 23.3 Å². The van der Waals surface area contributed by atoms with Crippen molar-refractivity contribution in [1.29, 1.82) is 0 Å². The minimum atomic E-state index is -1.68. The second-order valence-corrected chi connectivity index (χ2v) is 16.6. The molecule has 0 spiro atoms. The van der Waals surface area contributed by atoms with Crippen LogP contribution in [0.3, 0.4) is 0 Å². The minimum absolute atomic E-state index is 1.23. The second kappa shape index (κ2) is 8.28. The van der Waals surface area contributed by atoms with Crippen molar-refractivity contribution in [1.82, 2.24) is 4.23 Å². The van der Waals surface area contributed by atoms with Crippen LogP contribution in [-0.4, -0.2) is 27.2 Å². The Morgan fingerprint density at radius 1 is 0.667 bits per heavy atom. The first kappa shape index (κ1) is 19.2. The number of hydrogen-bond donors (Lipinski definition) is 0. The lowest BCUT2D eigenvalue weighted by Gasteiger charge is -2.47. The Kier molecular flexibility index (Phi) is 6.61. The van der Waals surface area contributed by atoms with Gasteiger partial charge in [0.05, 0.1) is 0 Å². The van der Waals surface area contributed by atoms with Gasteiger partial charge in [0.25, 0.3) is 0 Å². The van der Waals surface area contributed by atoms with E-state index in [1.807, 2.05) is 0 Å². The summed E-state index contributed by atoms with van der Waals surface area (Å²) in [5.74, 6) is 0. The molecule has 0 saturated heterocycles. The monoisotopic (exact) mass is 355 g/mol. The van der Waals surface area contributed by atoms with Gasteiger partial charge in [0, 0.05) is 0 Å². The highest BCUT2D eigenvalue weighted by molar-refractivity contribution is 7.02. The first-order chi connectivity index (χ1) is 11.4. The summed E-state index contributed by atoms with van der Waals surface area (Å²) in [4.78, 5) is 0. The molecule has 0 radical (unpaired) electrons. The van der Waals surface area contributed by atoms with Crippen LogP contribution < -0.4 is 10.4 Å². The zero-order valence-electron chi connectivity index (χ0n) is 16.0. The van der Waals surface area contributed by atoms with Gasteiger partial charge in [-0.1, -0.05) is 107 Å². The highest BCUT2D eigenvalue weighted by Gasteiger charge is 2.42. The molecule has 0 heterocycles. The molecule has 2 aromatic rings. The molecule has 24 heavy (non-hydrogen) atoms. The number of unbranched alkanes of at least 4 members (excludes halogenated alkanes) is 2. The smallest absolute Gasteiger partial charge is 0.147 e. The molecular formula is C21H33NSi2. The first-order valence-corrected chi connectivity index (χ1v) is 15.2. The summed E-state index contributed by atoms with van der Waals surface area (Å²) in [6.07, 6.45) is 3.92. The Balaban J connectivity index is 2.40. The maximum Gasteiger partial charge on any atom is 0.147 e. The summed E-state index contributed by atoms with van der Waals surface area (Å²) in [5, 5.41) is 3.11. The Bertz CT molecular complexity index is 557. The molecule has 0 aliphatic heterocycles. The zero-order chi connectivity index (χ0) is 17.6. The number of hydrogen-bond acceptors (Lipinski definition) is 1. The van der Waals surface area contributed by atoms with Crippen LogP contribution in [0.5, 0.6) is 0 Å². The largest absolute Gasteiger partial charge is 0.339 e. The van der Waals surface area contributed by atoms with Crippen LogP contribution in [0.4, 0.5) is 0 Å². The third-order valence-corrected chi connectivity index (χ3v) is 15.3. The molecule has 130 valence electrons. The molecule has 2 rings (SSSR count). The fourth-order valence-electron chi connectivity index (χ4n) is 3.78. The molecule has 1 nitrogen and oxygen atoms in total. The lowest BCUT2D eigenvalue weighted by molar-refractivity contribution is 0.564. The van der Waals surface area contributed by atoms with Crippen LogP contribution in [0.25, 0.3) is 0 Å². The fourth-order valence-corrected chi connectivity index (χ4v) is 14.2. The molecule has 0 N–H and O–H groups in total. The SMILES string of the molecule is CCCCCN([Si](C)(C)c1ccccc1)[Si](C)(C)c1ccccc1. The maximum atomic E-state index is 2.96. The van der Waals surface area contributed by atoms with E-state index in [2.05, 4.69) is 98.0 Å². The molecular weight excluding hydrogens is 322 g/mol. The summed E-state index contributed by atoms with van der Waals surface area (Å²) in [7, 11) is -3.36. The van der Waals surface area contributed by atoms with Crippen molar-refractivity contribution in [2.45, 2.75) is 52.4 Å². The maximum absolute atomic E-state index is 2.96. The molecule has 0 aliphatic rings. The molecule has 0 unspecified atom stereocenters. The van der Waals surface area contributed by atoms with Gasteiger partial charge in [-0.2, -0.15) is 0 Å². The van der Waals surface area contributed by atoms with Crippen LogP contribution >= 0.6 is 0 Å². The van der Waals surface area contributed by atoms with Crippen molar-refractivity contribution >= 4 is 26.8 Å². The average Bonchev–Trinajstić information content (AvgIpc) is 2.60. The average molecular weight is 356 g/mol. The van der Waals surface area contributed by atoms with E-state index in [-0.39, 0.29) is 0 Å². The van der Waals surface area contributed by atoms with Gasteiger partial charge in [0.1, 0.15) is 16.5 Å². The Labute approximate surface area is 150 Å². The molecule has 0 aliphatic carbocycles. The van der Waals surface area contributed by atoms with Crippen molar-refractivity contribution < 1.29 is 0 Å². The summed E-state index contributed by atoms with van der Waals surface area (Å²) in [6, 6.07) is 22.4. The van der Waals surface area contributed by atoms with Gasteiger partial charge in [-0.25, -0.2) is 0 Å². The van der Waals surface area contributed by atoms with Gasteiger partial charge >= 0.3 is 0 Å². The molecule has 0 fully saturated rings. The third kappa shape index (κ3) is 4.27. The Hall–Kier alpha value is -1.17. The normalized spacial score (nSPS) is 12.6. The van der Waals surface area contributed by atoms with Crippen molar-refractivity contribution in [3.63, 3.8) is 0 Å². The van der Waals surface area contributed by atoms with E-state index in [9.17, 15) is 0 Å². The van der Waals surface area contributed by atoms with Crippen molar-refractivity contribution in [3.05, 3.63) is 60.7 Å². The van der Waals surface area contributed by atoms with E-state index >= 15 is 0 Å². The van der Waals surface area contributed by atoms with E-state index < -0.39 is 16.5 Å². The Morgan fingerprint density at radius 3 is 1.46 bits per heavy atom. The highest BCUT2D eigenvalue weighted by Crippen LogP contribution is 2.21. The molecule has 0 saturated carbocycles. The van der Waals surface area contributed by atoms with Gasteiger partial charge in [-0.15, -0.1) is 0 Å². The van der Waals surface area contributed by atoms with Crippen LogP contribution in [0.1, 0.15) is 26.2 Å². The van der Waals surface area contributed by atoms with Gasteiger partial charge in [-0.3, -0.25) is 0 Å². The van der Waals surface area contributed by atoms with Crippen molar-refractivity contribution in [2.75, 3.05) is 6.54 Å². The van der Waals surface area contributed by atoms with E-state index in [1.165, 1.54) is 25.8 Å². The summed E-state index contributed by atoms with van der Waals surface area (Å²) >= 11 is 0. The number of benzene rings is 2. The quantitative estimate of drug-likeness (QED) is 0.490. The lowest BCUT2D eigenvalue weighted by Crippen LogP contribution is -2.71. The van der Waals surface area contributed by atoms with E-state index in [0.29, 0.717) is 0 Å². The molecule has 3 heteroatoms. The van der Waals surface area contributed by atoms with Crippen LogP contribution in [-0.2, 0) is 0 Å². The van der Waals surface area contributed by atoms with Crippen molar-refractivity contribution in [3.8, 4) is 0 Å². The van der Waals surface area contributed by atoms with E-state index in [1.54, 1.807) is 10.4 Å². The molecule has 0 atom stereocenters. The van der Waals surface area contributed by atoms with Crippen LogP contribution in [0.15, 0.2) is 60.7 Å². The van der Waals surface area contributed by atoms with Gasteiger partial charge < -0.3 is 4.23 Å². The predicted octanol–water partition coefficient (Wildman–Crippen LogP) is 4.70. The number of rotatable bonds is 8. The van der Waals surface area contributed by atoms with Gasteiger partial charge in [0.15, 0.2) is 0 Å². The van der Waals surface area contributed by atoms with Crippen LogP contribution in [0, 0.1) is 0 Å². The van der Waals surface area contributed by atoms with E-state index in [0.717, 1.165) is 0 Å². The topological polar surface area (TPSA) is 3.24 Å². The minimum Gasteiger partial charge on any atom is -0.339 e. The highest BCUT2D eigenvalue weighted by atomic mass is 28.4. The second-order valence-electron chi connectivity index (χ2n) is 7.71. The predicted molar refractivity (Wildman–Crippen MR) is 113 cm³/mol. The Morgan fingerprint density at radius 2 is 1.08 bits per heavy atom. The summed E-state index contributed by atoms with van der Waals surface area (Å²) in [6.45, 7) is 13.7. The van der Waals surface area contributed by atoms with E-state index in [4.69, 9.17) is 0 Å². The van der Waals surface area contributed by atoms with Crippen LogP contribution in [0.2, 0.25) is 26.2 Å². The molecule has 2 aromatic carbocycles. The standard InChI is InChI=1S/C21H33NSi2/c1-6-7-14-19-22(23(2,3)20-15-10-8-11-16-20)24(4,5)21-17-12-9-13-18-21/h8-13,15-18H,6-7,14,19H2,1-5H3. The lowest BCUT2D eigenvalue weighted by atomic mass is 10.3.